The Morgan fingerprint density at radius 1 is 1.26 bits per heavy atom. The second kappa shape index (κ2) is 7.95. The van der Waals surface area contributed by atoms with Crippen LogP contribution in [0.25, 0.3) is 0 Å². The number of thiophene rings is 1. The van der Waals surface area contributed by atoms with Crippen molar-refractivity contribution in [3.8, 4) is 0 Å². The maximum atomic E-state index is 12.9. The number of carbonyl (C=O) groups excluding carboxylic acids is 1. The van der Waals surface area contributed by atoms with Crippen LogP contribution >= 0.6 is 23.7 Å². The summed E-state index contributed by atoms with van der Waals surface area (Å²) >= 11 is 1.71. The maximum Gasteiger partial charge on any atom is 0.227 e. The van der Waals surface area contributed by atoms with Crippen molar-refractivity contribution in [2.45, 2.75) is 38.4 Å². The monoisotopic (exact) mass is 350 g/mol. The zero-order valence-corrected chi connectivity index (χ0v) is 14.9. The third-order valence-corrected chi connectivity index (χ3v) is 5.15. The van der Waals surface area contributed by atoms with Crippen LogP contribution in [0.5, 0.6) is 0 Å². The summed E-state index contributed by atoms with van der Waals surface area (Å²) in [5.41, 5.74) is 7.35. The molecule has 1 aromatic carbocycles. The van der Waals surface area contributed by atoms with Crippen LogP contribution in [0.2, 0.25) is 0 Å². The number of halogens is 1. The molecule has 23 heavy (non-hydrogen) atoms. The van der Waals surface area contributed by atoms with Crippen LogP contribution in [0, 0.1) is 5.92 Å². The van der Waals surface area contributed by atoms with Gasteiger partial charge in [0.25, 0.3) is 0 Å². The molecule has 1 saturated carbocycles. The molecule has 1 aliphatic carbocycles. The first kappa shape index (κ1) is 18.0. The van der Waals surface area contributed by atoms with Gasteiger partial charge < -0.3 is 10.6 Å². The summed E-state index contributed by atoms with van der Waals surface area (Å²) in [4.78, 5) is 16.2. The third-order valence-electron chi connectivity index (χ3n) is 4.29. The van der Waals surface area contributed by atoms with Gasteiger partial charge in [-0.2, -0.15) is 0 Å². The second-order valence-corrected chi connectivity index (χ2v) is 7.03. The van der Waals surface area contributed by atoms with Crippen LogP contribution in [-0.2, 0) is 11.3 Å². The molecule has 0 aliphatic heterocycles. The van der Waals surface area contributed by atoms with Crippen LogP contribution in [0.15, 0.2) is 47.8 Å². The Morgan fingerprint density at radius 2 is 1.96 bits per heavy atom. The largest absolute Gasteiger partial charge is 0.334 e. The Morgan fingerprint density at radius 3 is 2.52 bits per heavy atom. The van der Waals surface area contributed by atoms with E-state index in [2.05, 4.69) is 11.4 Å². The second-order valence-electron chi connectivity index (χ2n) is 6.00. The van der Waals surface area contributed by atoms with E-state index < -0.39 is 0 Å². The summed E-state index contributed by atoms with van der Waals surface area (Å²) in [5, 5.41) is 2.06. The fourth-order valence-corrected chi connectivity index (χ4v) is 3.43. The van der Waals surface area contributed by atoms with Crippen molar-refractivity contribution in [1.82, 2.24) is 4.90 Å². The molecule has 1 aromatic heterocycles. The molecular formula is C18H23ClN2OS. The quantitative estimate of drug-likeness (QED) is 0.856. The normalized spacial score (nSPS) is 16.3. The highest BCUT2D eigenvalue weighted by atomic mass is 35.5. The van der Waals surface area contributed by atoms with Crippen molar-refractivity contribution < 1.29 is 4.79 Å². The molecule has 0 bridgehead atoms. The summed E-state index contributed by atoms with van der Waals surface area (Å²) < 4.78 is 0. The van der Waals surface area contributed by atoms with E-state index in [0.29, 0.717) is 12.6 Å². The van der Waals surface area contributed by atoms with Gasteiger partial charge >= 0.3 is 0 Å². The van der Waals surface area contributed by atoms with Crippen LogP contribution < -0.4 is 5.73 Å². The van der Waals surface area contributed by atoms with Gasteiger partial charge in [0.2, 0.25) is 5.91 Å². The summed E-state index contributed by atoms with van der Waals surface area (Å²) in [5.74, 6) is -0.0322. The Bertz CT molecular complexity index is 613. The number of nitrogens with two attached hydrogens (primary N) is 1. The Balaban J connectivity index is 0.00000192. The molecule has 5 heteroatoms. The molecule has 1 aliphatic rings. The molecule has 2 N–H and O–H groups in total. The minimum atomic E-state index is -0.252. The van der Waals surface area contributed by atoms with Crippen molar-refractivity contribution in [3.05, 3.63) is 58.3 Å². The Labute approximate surface area is 147 Å². The topological polar surface area (TPSA) is 46.3 Å². The Kier molecular flexibility index (Phi) is 6.22. The molecule has 0 spiro atoms. The van der Waals surface area contributed by atoms with E-state index >= 15 is 0 Å². The first-order chi connectivity index (χ1) is 10.7. The number of benzene rings is 1. The van der Waals surface area contributed by atoms with E-state index in [1.54, 1.807) is 11.3 Å². The molecule has 3 rings (SSSR count). The molecule has 1 amide bonds. The zero-order valence-electron chi connectivity index (χ0n) is 13.2. The lowest BCUT2D eigenvalue weighted by Crippen LogP contribution is -2.40. The molecule has 2 aromatic rings. The fourth-order valence-electron chi connectivity index (χ4n) is 2.72. The zero-order chi connectivity index (χ0) is 15.5. The lowest BCUT2D eigenvalue weighted by Gasteiger charge is -2.28. The molecule has 124 valence electrons. The van der Waals surface area contributed by atoms with E-state index in [-0.39, 0.29) is 30.3 Å². The summed E-state index contributed by atoms with van der Waals surface area (Å²) in [7, 11) is 0. The lowest BCUT2D eigenvalue weighted by molar-refractivity contribution is -0.136. The van der Waals surface area contributed by atoms with Crippen molar-refractivity contribution in [3.63, 3.8) is 0 Å². The van der Waals surface area contributed by atoms with Crippen molar-refractivity contribution >= 4 is 29.7 Å². The number of carbonyl (C=O) groups is 1. The van der Waals surface area contributed by atoms with E-state index in [4.69, 9.17) is 5.73 Å². The number of nitrogens with zero attached hydrogens (tertiary/aromatic N) is 1. The summed E-state index contributed by atoms with van der Waals surface area (Å²) in [6.45, 7) is 2.66. The molecule has 2 atom stereocenters. The van der Waals surface area contributed by atoms with E-state index in [9.17, 15) is 4.79 Å². The van der Waals surface area contributed by atoms with Crippen LogP contribution in [-0.4, -0.2) is 16.8 Å². The maximum absolute atomic E-state index is 12.9. The van der Waals surface area contributed by atoms with Gasteiger partial charge in [-0.25, -0.2) is 0 Å². The van der Waals surface area contributed by atoms with E-state index in [0.717, 1.165) is 18.4 Å². The van der Waals surface area contributed by atoms with Gasteiger partial charge in [-0.1, -0.05) is 43.3 Å². The van der Waals surface area contributed by atoms with Gasteiger partial charge in [-0.3, -0.25) is 4.79 Å². The number of rotatable bonds is 6. The average molecular weight is 351 g/mol. The van der Waals surface area contributed by atoms with Crippen molar-refractivity contribution in [2.24, 2.45) is 11.7 Å². The van der Waals surface area contributed by atoms with Crippen molar-refractivity contribution in [2.75, 3.05) is 0 Å². The number of hydrogen-bond acceptors (Lipinski definition) is 3. The van der Waals surface area contributed by atoms with E-state index in [1.165, 1.54) is 4.88 Å². The number of amides is 1. The minimum absolute atomic E-state index is 0. The van der Waals surface area contributed by atoms with Gasteiger partial charge in [0.15, 0.2) is 0 Å². The van der Waals surface area contributed by atoms with E-state index in [1.807, 2.05) is 48.2 Å². The average Bonchev–Trinajstić information content (AvgIpc) is 3.27. The predicted molar refractivity (Wildman–Crippen MR) is 97.7 cm³/mol. The molecule has 3 nitrogen and oxygen atoms in total. The van der Waals surface area contributed by atoms with Crippen LogP contribution in [0.1, 0.15) is 36.2 Å². The predicted octanol–water partition coefficient (Wildman–Crippen LogP) is 4.00. The molecule has 0 saturated heterocycles. The van der Waals surface area contributed by atoms with Gasteiger partial charge in [0.1, 0.15) is 0 Å². The van der Waals surface area contributed by atoms with Gasteiger partial charge in [-0.05, 0) is 29.9 Å². The van der Waals surface area contributed by atoms with Gasteiger partial charge in [0, 0.05) is 17.0 Å². The molecular weight excluding hydrogens is 328 g/mol. The lowest BCUT2D eigenvalue weighted by atomic mass is 9.94. The highest BCUT2D eigenvalue weighted by Crippen LogP contribution is 2.32. The standard InChI is InChI=1S/C18H22N2OS.ClH/c1-13(17(19)14-6-3-2-4-7-14)18(21)20(15-9-10-15)12-16-8-5-11-22-16;/h2-8,11,13,15,17H,9-10,12,19H2,1H3;1H. The van der Waals surface area contributed by atoms with Crippen molar-refractivity contribution in [1.29, 1.82) is 0 Å². The van der Waals surface area contributed by atoms with Crippen LogP contribution in [0.4, 0.5) is 0 Å². The first-order valence-corrected chi connectivity index (χ1v) is 8.68. The van der Waals surface area contributed by atoms with Gasteiger partial charge in [-0.15, -0.1) is 23.7 Å². The molecule has 1 heterocycles. The van der Waals surface area contributed by atoms with Crippen LogP contribution in [0.3, 0.4) is 0 Å². The summed E-state index contributed by atoms with van der Waals surface area (Å²) in [6.07, 6.45) is 2.23. The molecule has 2 unspecified atom stereocenters. The SMILES string of the molecule is CC(C(=O)N(Cc1cccs1)C1CC1)C(N)c1ccccc1.Cl. The minimum Gasteiger partial charge on any atom is -0.334 e. The molecule has 1 fully saturated rings. The third kappa shape index (κ3) is 4.34. The smallest absolute Gasteiger partial charge is 0.227 e. The first-order valence-electron chi connectivity index (χ1n) is 7.80. The number of hydrogen-bond donors (Lipinski definition) is 1. The fraction of sp³-hybridized carbons (Fsp3) is 0.389. The summed E-state index contributed by atoms with van der Waals surface area (Å²) in [6, 6.07) is 14.2. The van der Waals surface area contributed by atoms with Gasteiger partial charge in [0.05, 0.1) is 12.5 Å². The molecule has 0 radical (unpaired) electrons. The highest BCUT2D eigenvalue weighted by Gasteiger charge is 2.36. The highest BCUT2D eigenvalue weighted by molar-refractivity contribution is 7.09. The Hall–Kier alpha value is -1.36.